The van der Waals surface area contributed by atoms with Gasteiger partial charge in [-0.15, -0.1) is 0 Å². The van der Waals surface area contributed by atoms with Gasteiger partial charge in [0, 0.05) is 12.1 Å². The fraction of sp³-hybridized carbons (Fsp3) is 0.533. The Bertz CT molecular complexity index is 623. The minimum Gasteiger partial charge on any atom is -0.484 e. The molecule has 1 saturated carbocycles. The van der Waals surface area contributed by atoms with Gasteiger partial charge in [-0.25, -0.2) is 9.18 Å². The molecule has 0 radical (unpaired) electrons. The van der Waals surface area contributed by atoms with Crippen LogP contribution in [0.15, 0.2) is 18.2 Å². The van der Waals surface area contributed by atoms with Crippen molar-refractivity contribution in [1.29, 1.82) is 0 Å². The van der Waals surface area contributed by atoms with Crippen molar-refractivity contribution in [2.45, 2.75) is 44.8 Å². The van der Waals surface area contributed by atoms with Crippen molar-refractivity contribution < 1.29 is 23.6 Å². The summed E-state index contributed by atoms with van der Waals surface area (Å²) in [5.41, 5.74) is -1.57. The first-order valence-corrected chi connectivity index (χ1v) is 7.18. The van der Waals surface area contributed by atoms with E-state index in [2.05, 4.69) is 5.32 Å². The van der Waals surface area contributed by atoms with Gasteiger partial charge >= 0.3 is 11.8 Å². The summed E-state index contributed by atoms with van der Waals surface area (Å²) in [6.45, 7) is 5.26. The zero-order chi connectivity index (χ0) is 17.3. The zero-order valence-electron chi connectivity index (χ0n) is 13.2. The van der Waals surface area contributed by atoms with E-state index in [4.69, 9.17) is 9.47 Å². The van der Waals surface area contributed by atoms with E-state index in [1.807, 2.05) is 0 Å². The number of alkyl carbamates (subject to hydrolysis) is 1. The second-order valence-electron chi connectivity index (χ2n) is 6.57. The lowest BCUT2D eigenvalue weighted by atomic mass is 10.2. The molecule has 1 aromatic carbocycles. The number of nitrogens with zero attached hydrogens (tertiary/aromatic N) is 1. The van der Waals surface area contributed by atoms with Gasteiger partial charge in [0.1, 0.15) is 18.0 Å². The topological polar surface area (TPSA) is 90.7 Å². The average molecular weight is 326 g/mol. The summed E-state index contributed by atoms with van der Waals surface area (Å²) in [6.07, 6.45) is 0.748. The summed E-state index contributed by atoms with van der Waals surface area (Å²) in [5.74, 6) is -0.789. The highest BCUT2D eigenvalue weighted by molar-refractivity contribution is 5.69. The molecular formula is C15H19FN2O5. The molecule has 0 heterocycles. The van der Waals surface area contributed by atoms with Gasteiger partial charge in [0.2, 0.25) is 0 Å². The molecular weight excluding hydrogens is 307 g/mol. The van der Waals surface area contributed by atoms with Gasteiger partial charge in [0.25, 0.3) is 0 Å². The van der Waals surface area contributed by atoms with Crippen molar-refractivity contribution in [2.24, 2.45) is 0 Å². The Morgan fingerprint density at radius 3 is 2.61 bits per heavy atom. The molecule has 0 spiro atoms. The molecule has 1 amide bonds. The average Bonchev–Trinajstić information content (AvgIpc) is 3.13. The molecule has 1 fully saturated rings. The van der Waals surface area contributed by atoms with Crippen LogP contribution in [0.4, 0.5) is 14.9 Å². The minimum absolute atomic E-state index is 0.0105. The van der Waals surface area contributed by atoms with Crippen molar-refractivity contribution in [3.05, 3.63) is 34.1 Å². The predicted molar refractivity (Wildman–Crippen MR) is 79.9 cm³/mol. The molecule has 0 aliphatic heterocycles. The van der Waals surface area contributed by atoms with Gasteiger partial charge in [-0.05, 0) is 39.7 Å². The summed E-state index contributed by atoms with van der Waals surface area (Å²) in [5, 5.41) is 13.6. The molecule has 126 valence electrons. The Hall–Kier alpha value is -2.38. The molecule has 1 aliphatic rings. The van der Waals surface area contributed by atoms with E-state index >= 15 is 0 Å². The lowest BCUT2D eigenvalue weighted by Gasteiger charge is -2.23. The fourth-order valence-electron chi connectivity index (χ4n) is 1.95. The van der Waals surface area contributed by atoms with E-state index in [-0.39, 0.29) is 18.0 Å². The maximum absolute atomic E-state index is 13.2. The Morgan fingerprint density at radius 2 is 2.09 bits per heavy atom. The van der Waals surface area contributed by atoms with Crippen molar-refractivity contribution in [3.8, 4) is 5.75 Å². The zero-order valence-corrected chi connectivity index (χ0v) is 13.2. The summed E-state index contributed by atoms with van der Waals surface area (Å²) in [7, 11) is 0. The minimum atomic E-state index is -0.643. The van der Waals surface area contributed by atoms with Crippen LogP contribution in [0.1, 0.15) is 33.6 Å². The molecule has 1 aliphatic carbocycles. The van der Waals surface area contributed by atoms with Crippen LogP contribution in [0.2, 0.25) is 0 Å². The first kappa shape index (κ1) is 17.0. The largest absolute Gasteiger partial charge is 0.484 e. The van der Waals surface area contributed by atoms with Crippen LogP contribution in [0.5, 0.6) is 5.75 Å². The van der Waals surface area contributed by atoms with Crippen LogP contribution >= 0.6 is 0 Å². The van der Waals surface area contributed by atoms with Crippen molar-refractivity contribution in [2.75, 3.05) is 6.61 Å². The lowest BCUT2D eigenvalue weighted by molar-refractivity contribution is -0.385. The van der Waals surface area contributed by atoms with Gasteiger partial charge in [-0.2, -0.15) is 0 Å². The van der Waals surface area contributed by atoms with Crippen LogP contribution in [0.3, 0.4) is 0 Å². The Morgan fingerprint density at radius 1 is 1.43 bits per heavy atom. The molecule has 0 atom stereocenters. The van der Waals surface area contributed by atoms with E-state index in [0.717, 1.165) is 18.2 Å². The van der Waals surface area contributed by atoms with Gasteiger partial charge in [0.05, 0.1) is 10.5 Å². The number of carbonyl (C=O) groups is 1. The summed E-state index contributed by atoms with van der Waals surface area (Å²) < 4.78 is 23.8. The molecule has 7 nitrogen and oxygen atoms in total. The Balaban J connectivity index is 1.99. The van der Waals surface area contributed by atoms with Crippen LogP contribution in [0.25, 0.3) is 0 Å². The first-order valence-electron chi connectivity index (χ1n) is 7.18. The van der Waals surface area contributed by atoms with E-state index in [9.17, 15) is 19.3 Å². The first-order chi connectivity index (χ1) is 10.6. The molecule has 23 heavy (non-hydrogen) atoms. The normalized spacial score (nSPS) is 15.7. The number of hydrogen-bond donors (Lipinski definition) is 1. The number of nitro groups is 1. The second kappa shape index (κ2) is 6.02. The van der Waals surface area contributed by atoms with Crippen LogP contribution in [-0.2, 0) is 4.74 Å². The van der Waals surface area contributed by atoms with Crippen molar-refractivity contribution in [1.82, 2.24) is 5.32 Å². The number of halogens is 1. The van der Waals surface area contributed by atoms with Gasteiger partial charge in [-0.1, -0.05) is 0 Å². The third-order valence-corrected chi connectivity index (χ3v) is 3.24. The van der Waals surface area contributed by atoms with E-state index in [1.165, 1.54) is 0 Å². The number of rotatable bonds is 5. The van der Waals surface area contributed by atoms with Gasteiger partial charge in [0.15, 0.2) is 5.75 Å². The molecule has 0 unspecified atom stereocenters. The Kier molecular flexibility index (Phi) is 4.44. The molecule has 0 bridgehead atoms. The van der Waals surface area contributed by atoms with Crippen LogP contribution in [0, 0.1) is 15.9 Å². The molecule has 0 aromatic heterocycles. The smallest absolute Gasteiger partial charge is 0.408 e. The van der Waals surface area contributed by atoms with Crippen molar-refractivity contribution >= 4 is 11.8 Å². The maximum Gasteiger partial charge on any atom is 0.408 e. The Labute approximate surface area is 132 Å². The highest BCUT2D eigenvalue weighted by Crippen LogP contribution is 2.37. The number of ether oxygens (including phenoxy) is 2. The maximum atomic E-state index is 13.2. The molecule has 8 heteroatoms. The third kappa shape index (κ3) is 4.80. The van der Waals surface area contributed by atoms with E-state index in [0.29, 0.717) is 12.8 Å². The van der Waals surface area contributed by atoms with Crippen LogP contribution < -0.4 is 10.1 Å². The summed E-state index contributed by atoms with van der Waals surface area (Å²) in [6, 6.07) is 3.00. The number of nitrogens with one attached hydrogen (secondary N) is 1. The van der Waals surface area contributed by atoms with E-state index in [1.54, 1.807) is 20.8 Å². The fourth-order valence-corrected chi connectivity index (χ4v) is 1.95. The van der Waals surface area contributed by atoms with Crippen LogP contribution in [-0.4, -0.2) is 28.8 Å². The molecule has 1 aromatic rings. The SMILES string of the molecule is CC(C)(C)OC(=O)NC1(COc2cc(F)ccc2[N+](=O)[O-])CC1. The summed E-state index contributed by atoms with van der Waals surface area (Å²) in [4.78, 5) is 22.1. The van der Waals surface area contributed by atoms with Gasteiger partial charge < -0.3 is 14.8 Å². The highest BCUT2D eigenvalue weighted by Gasteiger charge is 2.46. The van der Waals surface area contributed by atoms with Crippen molar-refractivity contribution in [3.63, 3.8) is 0 Å². The highest BCUT2D eigenvalue weighted by atomic mass is 19.1. The number of nitro benzene ring substituents is 1. The number of amides is 1. The number of carbonyl (C=O) groups excluding carboxylic acids is 1. The van der Waals surface area contributed by atoms with Gasteiger partial charge in [-0.3, -0.25) is 10.1 Å². The standard InChI is InChI=1S/C15H19FN2O5/c1-14(2,3)23-13(19)17-15(6-7-15)9-22-12-8-10(16)4-5-11(12)18(20)21/h4-5,8H,6-7,9H2,1-3H3,(H,17,19). The number of benzene rings is 1. The molecule has 2 rings (SSSR count). The lowest BCUT2D eigenvalue weighted by Crippen LogP contribution is -2.44. The number of hydrogen-bond acceptors (Lipinski definition) is 5. The van der Waals surface area contributed by atoms with E-state index < -0.39 is 28.0 Å². The second-order valence-corrected chi connectivity index (χ2v) is 6.57. The quantitative estimate of drug-likeness (QED) is 0.663. The predicted octanol–water partition coefficient (Wildman–Crippen LogP) is 3.17. The molecule has 1 N–H and O–H groups in total. The monoisotopic (exact) mass is 326 g/mol. The molecule has 0 saturated heterocycles. The summed E-state index contributed by atoms with van der Waals surface area (Å²) >= 11 is 0. The third-order valence-electron chi connectivity index (χ3n) is 3.24.